The maximum atomic E-state index is 13.0. The first-order valence-electron chi connectivity index (χ1n) is 24.1. The Morgan fingerprint density at radius 3 is 1.12 bits per heavy atom. The van der Waals surface area contributed by atoms with E-state index in [2.05, 4.69) is 38.2 Å². The molecule has 0 atom stereocenters. The summed E-state index contributed by atoms with van der Waals surface area (Å²) in [5, 5.41) is 0. The molecular weight excluding hydrogens is 784 g/mol. The van der Waals surface area contributed by atoms with Gasteiger partial charge in [-0.3, -0.25) is 0 Å². The first-order chi connectivity index (χ1) is 28.3. The maximum absolute atomic E-state index is 13.0. The monoisotopic (exact) mass is 869 g/mol. The molecule has 0 bridgehead atoms. The summed E-state index contributed by atoms with van der Waals surface area (Å²) in [6, 6.07) is 3.64. The molecule has 0 saturated heterocycles. The summed E-state index contributed by atoms with van der Waals surface area (Å²) >= 11 is 0. The van der Waals surface area contributed by atoms with Crippen molar-refractivity contribution in [3.05, 3.63) is 53.6 Å². The summed E-state index contributed by atoms with van der Waals surface area (Å²) in [7, 11) is -5.02. The minimum atomic E-state index is -5.02. The van der Waals surface area contributed by atoms with E-state index in [9.17, 15) is 22.6 Å². The standard InChI is InChI=1S/C50H86O7S.K/c1-3-5-7-9-11-13-15-17-19-21-23-25-27-29-31-33-35-37-39-44-56-49(51)46-42-41-43-47(58(53,54)55)48(46)50(52)57-45-40-38-36-34-32-30-28-26-24-22-20-18-16-14-12-10-8-6-4-2;/h9-12,41-43H,3-8,13-40,44-45H2,1-2H3,(H,53,54,55);/q;+1/p-1/b11-9+,12-10+;. The first kappa shape index (κ1) is 58.2. The molecule has 0 heterocycles. The molecule has 1 rings (SSSR count). The molecule has 0 unspecified atom stereocenters. The third-order valence-corrected chi connectivity index (χ3v) is 11.9. The van der Waals surface area contributed by atoms with E-state index in [1.165, 1.54) is 179 Å². The molecule has 0 amide bonds. The van der Waals surface area contributed by atoms with Gasteiger partial charge in [0.1, 0.15) is 10.1 Å². The Morgan fingerprint density at radius 2 is 0.780 bits per heavy atom. The molecule has 0 aromatic heterocycles. The molecule has 1 aromatic carbocycles. The van der Waals surface area contributed by atoms with Gasteiger partial charge < -0.3 is 14.0 Å². The van der Waals surface area contributed by atoms with E-state index in [0.29, 0.717) is 12.8 Å². The molecule has 0 fully saturated rings. The van der Waals surface area contributed by atoms with Crippen LogP contribution in [0.25, 0.3) is 0 Å². The first-order valence-corrected chi connectivity index (χ1v) is 25.5. The van der Waals surface area contributed by atoms with Crippen LogP contribution in [0.5, 0.6) is 0 Å². The fraction of sp³-hybridized carbons (Fsp3) is 0.760. The molecule has 334 valence electrons. The van der Waals surface area contributed by atoms with Gasteiger partial charge in [0, 0.05) is 0 Å². The van der Waals surface area contributed by atoms with Crippen LogP contribution in [-0.2, 0) is 19.6 Å². The Hall–Kier alpha value is -0.814. The summed E-state index contributed by atoms with van der Waals surface area (Å²) in [4.78, 5) is 25.3. The van der Waals surface area contributed by atoms with Crippen LogP contribution in [0, 0.1) is 0 Å². The summed E-state index contributed by atoms with van der Waals surface area (Å²) in [6.45, 7) is 4.72. The average molecular weight is 869 g/mol. The van der Waals surface area contributed by atoms with Gasteiger partial charge >= 0.3 is 63.3 Å². The SMILES string of the molecule is CCCC/C=C/CCCCCCCCCCCCCCCOC(=O)c1cccc(S(=O)(=O)[O-])c1C(=O)OCCCCCCCCCCCCCCC/C=C/CCCC.[K+]. The number of rotatable bonds is 41. The van der Waals surface area contributed by atoms with Crippen LogP contribution in [0.3, 0.4) is 0 Å². The van der Waals surface area contributed by atoms with E-state index in [-0.39, 0.29) is 70.2 Å². The summed E-state index contributed by atoms with van der Waals surface area (Å²) in [6.07, 6.45) is 50.4. The summed E-state index contributed by atoms with van der Waals surface area (Å²) in [5.74, 6) is -1.81. The van der Waals surface area contributed by atoms with E-state index in [0.717, 1.165) is 44.6 Å². The van der Waals surface area contributed by atoms with Gasteiger partial charge in [-0.2, -0.15) is 0 Å². The fourth-order valence-electron chi connectivity index (χ4n) is 7.33. The molecule has 1 aromatic rings. The fourth-order valence-corrected chi connectivity index (χ4v) is 8.02. The van der Waals surface area contributed by atoms with Crippen LogP contribution >= 0.6 is 0 Å². The van der Waals surface area contributed by atoms with Gasteiger partial charge in [0.2, 0.25) is 0 Å². The van der Waals surface area contributed by atoms with Crippen molar-refractivity contribution in [2.45, 2.75) is 237 Å². The van der Waals surface area contributed by atoms with Gasteiger partial charge in [0.25, 0.3) is 0 Å². The summed E-state index contributed by atoms with van der Waals surface area (Å²) < 4.78 is 46.9. The molecule has 7 nitrogen and oxygen atoms in total. The number of carbonyl (C=O) groups is 2. The number of hydrogen-bond donors (Lipinski definition) is 0. The van der Waals surface area contributed by atoms with Crippen molar-refractivity contribution in [1.29, 1.82) is 0 Å². The Kier molecular flexibility index (Phi) is 41.9. The molecular formula is C50H85KO7S. The zero-order valence-corrected chi connectivity index (χ0v) is 42.2. The predicted molar refractivity (Wildman–Crippen MR) is 242 cm³/mol. The number of esters is 2. The second kappa shape index (κ2) is 42.5. The van der Waals surface area contributed by atoms with E-state index < -0.39 is 32.5 Å². The molecule has 0 radical (unpaired) electrons. The zero-order chi connectivity index (χ0) is 42.2. The molecule has 0 aliphatic carbocycles. The third-order valence-electron chi connectivity index (χ3n) is 11.0. The van der Waals surface area contributed by atoms with Crippen LogP contribution in [-0.4, -0.2) is 38.1 Å². The van der Waals surface area contributed by atoms with E-state index in [1.807, 2.05) is 0 Å². The van der Waals surface area contributed by atoms with Crippen LogP contribution in [0.15, 0.2) is 47.4 Å². The van der Waals surface area contributed by atoms with E-state index >= 15 is 0 Å². The number of unbranched alkanes of at least 4 members (excludes halogenated alkanes) is 30. The topological polar surface area (TPSA) is 110 Å². The van der Waals surface area contributed by atoms with E-state index in [4.69, 9.17) is 9.47 Å². The van der Waals surface area contributed by atoms with Crippen molar-refractivity contribution >= 4 is 22.1 Å². The van der Waals surface area contributed by atoms with Gasteiger partial charge in [0.05, 0.1) is 29.2 Å². The van der Waals surface area contributed by atoms with Crippen LogP contribution < -0.4 is 51.4 Å². The normalized spacial score (nSPS) is 11.7. The number of benzene rings is 1. The van der Waals surface area contributed by atoms with Gasteiger partial charge in [-0.25, -0.2) is 18.0 Å². The molecule has 0 aliphatic heterocycles. The molecule has 0 N–H and O–H groups in total. The predicted octanol–water partition coefficient (Wildman–Crippen LogP) is 12.3. The van der Waals surface area contributed by atoms with Crippen molar-refractivity contribution in [2.75, 3.05) is 13.2 Å². The molecule has 0 saturated carbocycles. The van der Waals surface area contributed by atoms with Crippen molar-refractivity contribution in [3.8, 4) is 0 Å². The maximum Gasteiger partial charge on any atom is 1.00 e. The molecule has 0 spiro atoms. The molecule has 59 heavy (non-hydrogen) atoms. The van der Waals surface area contributed by atoms with Crippen molar-refractivity contribution in [3.63, 3.8) is 0 Å². The minimum Gasteiger partial charge on any atom is -0.744 e. The van der Waals surface area contributed by atoms with Gasteiger partial charge in [0.15, 0.2) is 0 Å². The second-order valence-electron chi connectivity index (χ2n) is 16.4. The Morgan fingerprint density at radius 1 is 0.475 bits per heavy atom. The second-order valence-corrected chi connectivity index (χ2v) is 17.7. The van der Waals surface area contributed by atoms with Crippen LogP contribution in [0.4, 0.5) is 0 Å². The molecule has 9 heteroatoms. The van der Waals surface area contributed by atoms with Gasteiger partial charge in [-0.05, 0) is 63.5 Å². The molecule has 0 aliphatic rings. The van der Waals surface area contributed by atoms with Crippen molar-refractivity contribution < 1.29 is 83.4 Å². The number of allylic oxidation sites excluding steroid dienone is 4. The third kappa shape index (κ3) is 34.4. The van der Waals surface area contributed by atoms with Crippen molar-refractivity contribution in [2.24, 2.45) is 0 Å². The largest absolute Gasteiger partial charge is 1.00 e. The number of ether oxygens (including phenoxy) is 2. The Labute approximate surface area is 405 Å². The smallest absolute Gasteiger partial charge is 0.744 e. The van der Waals surface area contributed by atoms with Gasteiger partial charge in [-0.1, -0.05) is 211 Å². The summed E-state index contributed by atoms with van der Waals surface area (Å²) in [5.41, 5.74) is -0.773. The number of carbonyl (C=O) groups excluding carboxylic acids is 2. The van der Waals surface area contributed by atoms with Gasteiger partial charge in [-0.15, -0.1) is 0 Å². The zero-order valence-electron chi connectivity index (χ0n) is 38.3. The van der Waals surface area contributed by atoms with Crippen LogP contribution in [0.2, 0.25) is 0 Å². The average Bonchev–Trinajstić information content (AvgIpc) is 3.21. The number of hydrogen-bond acceptors (Lipinski definition) is 7. The quantitative estimate of drug-likeness (QED) is 0.0212. The van der Waals surface area contributed by atoms with Crippen LogP contribution in [0.1, 0.15) is 253 Å². The van der Waals surface area contributed by atoms with E-state index in [1.54, 1.807) is 0 Å². The minimum absolute atomic E-state index is 0. The Bertz CT molecular complexity index is 1310. The van der Waals surface area contributed by atoms with Crippen molar-refractivity contribution in [1.82, 2.24) is 0 Å². The Balaban J connectivity index is 0.0000336.